The number of halogens is 3. The molecule has 1 aliphatic rings. The van der Waals surface area contributed by atoms with Crippen molar-refractivity contribution >= 4 is 40.1 Å². The van der Waals surface area contributed by atoms with Crippen LogP contribution in [0.25, 0.3) is 22.4 Å². The van der Waals surface area contributed by atoms with Crippen LogP contribution in [0.5, 0.6) is 0 Å². The molecule has 4 nitrogen and oxygen atoms in total. The largest absolute Gasteiger partial charge is 0.333 e. The van der Waals surface area contributed by atoms with E-state index in [9.17, 15) is 9.18 Å². The fourth-order valence-electron chi connectivity index (χ4n) is 5.61. The molecular formula is C28H34Cl2FN3O. The molecule has 1 fully saturated rings. The first-order chi connectivity index (χ1) is 16.6. The minimum atomic E-state index is -0.668. The van der Waals surface area contributed by atoms with Gasteiger partial charge in [-0.15, -0.1) is 0 Å². The zero-order chi connectivity index (χ0) is 25.3. The number of carbonyl (C=O) groups excluding carboxylic acids is 1. The molecule has 188 valence electrons. The van der Waals surface area contributed by atoms with Crippen molar-refractivity contribution in [3.05, 3.63) is 52.3 Å². The lowest BCUT2D eigenvalue weighted by Gasteiger charge is -2.41. The Balaban J connectivity index is 1.86. The van der Waals surface area contributed by atoms with E-state index in [0.29, 0.717) is 40.1 Å². The highest BCUT2D eigenvalue weighted by Crippen LogP contribution is 2.40. The van der Waals surface area contributed by atoms with Gasteiger partial charge < -0.3 is 5.32 Å². The summed E-state index contributed by atoms with van der Waals surface area (Å²) in [7, 11) is 0. The summed E-state index contributed by atoms with van der Waals surface area (Å²) in [5.74, 6) is 1.30. The van der Waals surface area contributed by atoms with Gasteiger partial charge in [0.2, 0.25) is 5.91 Å². The van der Waals surface area contributed by atoms with Gasteiger partial charge in [-0.3, -0.25) is 9.36 Å². The fraction of sp³-hybridized carbons (Fsp3) is 0.500. The van der Waals surface area contributed by atoms with Gasteiger partial charge in [0.15, 0.2) is 0 Å². The molecule has 0 spiro atoms. The molecule has 1 aliphatic carbocycles. The Morgan fingerprint density at radius 2 is 1.69 bits per heavy atom. The second kappa shape index (κ2) is 10.5. The number of imidazole rings is 1. The standard InChI is InChI=1S/C28H34Cl2FN3O/c1-17(2)21(18(3)4)14-26(35)33-28(12-6-5-7-13-28)34-25-15-22(30)23(31)16-24(25)32-27(34)19-8-10-20(29)11-9-19/h8-11,15-18,21H,5-7,12-14H2,1-4H3,(H,33,35). The number of aromatic nitrogens is 2. The minimum Gasteiger partial charge on any atom is -0.333 e. The molecule has 1 aromatic heterocycles. The number of benzene rings is 2. The van der Waals surface area contributed by atoms with Gasteiger partial charge in [-0.05, 0) is 73.8 Å². The molecule has 1 heterocycles. The first-order valence-electron chi connectivity index (χ1n) is 12.6. The summed E-state index contributed by atoms with van der Waals surface area (Å²) in [5.41, 5.74) is 1.41. The number of carbonyl (C=O) groups is 1. The van der Waals surface area contributed by atoms with E-state index in [-0.39, 0.29) is 16.8 Å². The molecule has 0 radical (unpaired) electrons. The maximum Gasteiger partial charge on any atom is 0.222 e. The zero-order valence-electron chi connectivity index (χ0n) is 20.9. The lowest BCUT2D eigenvalue weighted by molar-refractivity contribution is -0.126. The summed E-state index contributed by atoms with van der Waals surface area (Å²) in [4.78, 5) is 18.4. The Hall–Kier alpha value is -2.11. The molecule has 7 heteroatoms. The normalized spacial score (nSPS) is 15.9. The molecule has 1 amide bonds. The van der Waals surface area contributed by atoms with Crippen molar-refractivity contribution in [2.45, 2.75) is 71.9 Å². The smallest absolute Gasteiger partial charge is 0.222 e. The third-order valence-corrected chi connectivity index (χ3v) is 7.96. The summed E-state index contributed by atoms with van der Waals surface area (Å²) >= 11 is 12.4. The van der Waals surface area contributed by atoms with E-state index < -0.39 is 11.5 Å². The van der Waals surface area contributed by atoms with Gasteiger partial charge in [-0.1, -0.05) is 57.3 Å². The van der Waals surface area contributed by atoms with Gasteiger partial charge in [0.05, 0.1) is 16.1 Å². The second-order valence-electron chi connectivity index (χ2n) is 10.5. The van der Waals surface area contributed by atoms with Gasteiger partial charge in [-0.25, -0.2) is 9.37 Å². The Morgan fingerprint density at radius 1 is 1.06 bits per heavy atom. The highest BCUT2D eigenvalue weighted by atomic mass is 35.5. The third-order valence-electron chi connectivity index (χ3n) is 7.41. The van der Waals surface area contributed by atoms with Gasteiger partial charge in [-0.2, -0.15) is 0 Å². The number of hydrogen-bond acceptors (Lipinski definition) is 2. The average Bonchev–Trinajstić information content (AvgIpc) is 3.17. The van der Waals surface area contributed by atoms with Crippen LogP contribution >= 0.6 is 23.2 Å². The van der Waals surface area contributed by atoms with Gasteiger partial charge in [0.25, 0.3) is 0 Å². The molecule has 3 aromatic rings. The SMILES string of the molecule is CC(C)C(CC(=O)NC1(n2c(-c3ccc(Cl)cc3)nc3cc(F)c(Cl)cc32)CCCCC1)C(C)C. The summed E-state index contributed by atoms with van der Waals surface area (Å²) in [6.45, 7) is 8.69. The number of nitrogens with one attached hydrogen (secondary N) is 1. The zero-order valence-corrected chi connectivity index (χ0v) is 22.4. The molecule has 0 unspecified atom stereocenters. The fourth-order valence-corrected chi connectivity index (χ4v) is 5.89. The van der Waals surface area contributed by atoms with Crippen LogP contribution in [0.2, 0.25) is 10.0 Å². The molecular weight excluding hydrogens is 484 g/mol. The molecule has 2 aromatic carbocycles. The van der Waals surface area contributed by atoms with E-state index in [1.54, 1.807) is 6.07 Å². The van der Waals surface area contributed by atoms with Crippen molar-refractivity contribution in [3.8, 4) is 11.4 Å². The van der Waals surface area contributed by atoms with E-state index in [0.717, 1.165) is 37.7 Å². The van der Waals surface area contributed by atoms with Gasteiger partial charge >= 0.3 is 0 Å². The van der Waals surface area contributed by atoms with Crippen molar-refractivity contribution in [3.63, 3.8) is 0 Å². The first kappa shape index (κ1) is 26.0. The van der Waals surface area contributed by atoms with Crippen molar-refractivity contribution in [2.24, 2.45) is 17.8 Å². The number of amides is 1. The van der Waals surface area contributed by atoms with Crippen LogP contribution in [0.4, 0.5) is 4.39 Å². The Labute approximate surface area is 217 Å². The van der Waals surface area contributed by atoms with Gasteiger partial charge in [0.1, 0.15) is 17.3 Å². The third kappa shape index (κ3) is 5.36. The van der Waals surface area contributed by atoms with Crippen LogP contribution in [-0.2, 0) is 10.5 Å². The summed E-state index contributed by atoms with van der Waals surface area (Å²) < 4.78 is 16.5. The Morgan fingerprint density at radius 3 is 2.29 bits per heavy atom. The van der Waals surface area contributed by atoms with E-state index in [1.807, 2.05) is 24.3 Å². The molecule has 0 saturated heterocycles. The van der Waals surface area contributed by atoms with Crippen LogP contribution in [-0.4, -0.2) is 15.5 Å². The molecule has 1 N–H and O–H groups in total. The predicted octanol–water partition coefficient (Wildman–Crippen LogP) is 8.20. The molecule has 0 bridgehead atoms. The molecule has 1 saturated carbocycles. The number of rotatable bonds is 7. The lowest BCUT2D eigenvalue weighted by Crippen LogP contribution is -2.52. The topological polar surface area (TPSA) is 46.9 Å². The van der Waals surface area contributed by atoms with Crippen LogP contribution in [0.15, 0.2) is 36.4 Å². The molecule has 0 aliphatic heterocycles. The number of fused-ring (bicyclic) bond motifs is 1. The summed E-state index contributed by atoms with van der Waals surface area (Å²) in [5, 5.41) is 4.11. The van der Waals surface area contributed by atoms with Crippen molar-refractivity contribution in [1.82, 2.24) is 14.9 Å². The van der Waals surface area contributed by atoms with E-state index >= 15 is 0 Å². The molecule has 4 rings (SSSR count). The lowest BCUT2D eigenvalue weighted by atomic mass is 9.82. The Bertz CT molecular complexity index is 1190. The van der Waals surface area contributed by atoms with E-state index in [1.165, 1.54) is 6.07 Å². The summed E-state index contributed by atoms with van der Waals surface area (Å²) in [6.07, 6.45) is 5.08. The maximum absolute atomic E-state index is 14.4. The van der Waals surface area contributed by atoms with Crippen molar-refractivity contribution in [1.29, 1.82) is 0 Å². The maximum atomic E-state index is 14.4. The van der Waals surface area contributed by atoms with Crippen molar-refractivity contribution < 1.29 is 9.18 Å². The van der Waals surface area contributed by atoms with Crippen LogP contribution in [0, 0.1) is 23.6 Å². The molecule has 0 atom stereocenters. The van der Waals surface area contributed by atoms with Crippen LogP contribution < -0.4 is 5.32 Å². The summed E-state index contributed by atoms with van der Waals surface area (Å²) in [6, 6.07) is 10.5. The van der Waals surface area contributed by atoms with Gasteiger partial charge in [0, 0.05) is 23.1 Å². The van der Waals surface area contributed by atoms with Crippen molar-refractivity contribution in [2.75, 3.05) is 0 Å². The molecule has 35 heavy (non-hydrogen) atoms. The predicted molar refractivity (Wildman–Crippen MR) is 142 cm³/mol. The monoisotopic (exact) mass is 517 g/mol. The van der Waals surface area contributed by atoms with Crippen LogP contribution in [0.1, 0.15) is 66.2 Å². The second-order valence-corrected chi connectivity index (χ2v) is 11.4. The quantitative estimate of drug-likeness (QED) is 0.343. The minimum absolute atomic E-state index is 0.0383. The highest BCUT2D eigenvalue weighted by molar-refractivity contribution is 6.31. The van der Waals surface area contributed by atoms with Crippen LogP contribution in [0.3, 0.4) is 0 Å². The van der Waals surface area contributed by atoms with E-state index in [4.69, 9.17) is 28.2 Å². The number of nitrogens with zero attached hydrogens (tertiary/aromatic N) is 2. The average molecular weight is 519 g/mol. The first-order valence-corrected chi connectivity index (χ1v) is 13.3. The Kier molecular flexibility index (Phi) is 7.77. The van der Waals surface area contributed by atoms with E-state index in [2.05, 4.69) is 37.6 Å². The number of hydrogen-bond donors (Lipinski definition) is 1. The highest BCUT2D eigenvalue weighted by Gasteiger charge is 2.39.